The Morgan fingerprint density at radius 3 is 2.79 bits per heavy atom. The van der Waals surface area contributed by atoms with E-state index in [1.165, 1.54) is 23.8 Å². The first-order valence-electron chi connectivity index (χ1n) is 6.24. The summed E-state index contributed by atoms with van der Waals surface area (Å²) in [5.74, 6) is 1.06. The van der Waals surface area contributed by atoms with E-state index >= 15 is 0 Å². The van der Waals surface area contributed by atoms with Gasteiger partial charge in [-0.2, -0.15) is 4.37 Å². The van der Waals surface area contributed by atoms with Gasteiger partial charge in [-0.25, -0.2) is 9.37 Å². The molecular formula is C13H17FN4S. The van der Waals surface area contributed by atoms with Gasteiger partial charge in [0.25, 0.3) is 0 Å². The zero-order valence-corrected chi connectivity index (χ0v) is 12.0. The Hall–Kier alpha value is -1.56. The maximum atomic E-state index is 13.1. The number of hydrogen-bond acceptors (Lipinski definition) is 5. The van der Waals surface area contributed by atoms with Crippen molar-refractivity contribution < 1.29 is 4.39 Å². The van der Waals surface area contributed by atoms with Crippen LogP contribution in [-0.2, 0) is 6.42 Å². The van der Waals surface area contributed by atoms with Crippen molar-refractivity contribution >= 4 is 16.7 Å². The Labute approximate surface area is 116 Å². The number of nitrogens with zero attached hydrogens (tertiary/aromatic N) is 3. The minimum absolute atomic E-state index is 0.0527. The molecule has 0 spiro atoms. The molecule has 6 heteroatoms. The van der Waals surface area contributed by atoms with Crippen molar-refractivity contribution in [3.05, 3.63) is 35.7 Å². The molecule has 2 aromatic heterocycles. The summed E-state index contributed by atoms with van der Waals surface area (Å²) in [5.41, 5.74) is 0.792. The van der Waals surface area contributed by atoms with Crippen LogP contribution in [0.4, 0.5) is 9.52 Å². The van der Waals surface area contributed by atoms with Gasteiger partial charge in [0.1, 0.15) is 11.6 Å². The van der Waals surface area contributed by atoms with E-state index < -0.39 is 0 Å². The third kappa shape index (κ3) is 3.96. The fourth-order valence-corrected chi connectivity index (χ4v) is 2.38. The van der Waals surface area contributed by atoms with E-state index in [0.717, 1.165) is 22.9 Å². The van der Waals surface area contributed by atoms with Crippen LogP contribution in [0.15, 0.2) is 18.5 Å². The molecule has 1 atom stereocenters. The van der Waals surface area contributed by atoms with E-state index in [4.69, 9.17) is 0 Å². The van der Waals surface area contributed by atoms with Gasteiger partial charge in [-0.1, -0.05) is 13.8 Å². The second-order valence-corrected chi connectivity index (χ2v) is 5.67. The molecule has 2 rings (SSSR count). The maximum absolute atomic E-state index is 13.1. The minimum Gasteiger partial charge on any atom is -0.354 e. The predicted molar refractivity (Wildman–Crippen MR) is 74.7 cm³/mol. The quantitative estimate of drug-likeness (QED) is 0.911. The number of aromatic nitrogens is 3. The van der Waals surface area contributed by atoms with Crippen LogP contribution in [0.25, 0.3) is 0 Å². The number of halogens is 1. The summed E-state index contributed by atoms with van der Waals surface area (Å²) in [7, 11) is 0. The van der Waals surface area contributed by atoms with Gasteiger partial charge in [0.2, 0.25) is 5.13 Å². The van der Waals surface area contributed by atoms with Gasteiger partial charge in [0, 0.05) is 24.2 Å². The van der Waals surface area contributed by atoms with Crippen molar-refractivity contribution in [2.45, 2.75) is 33.2 Å². The summed E-state index contributed by atoms with van der Waals surface area (Å²) >= 11 is 1.33. The van der Waals surface area contributed by atoms with E-state index in [0.29, 0.717) is 5.92 Å². The van der Waals surface area contributed by atoms with Crippen molar-refractivity contribution in [2.24, 2.45) is 5.92 Å². The summed E-state index contributed by atoms with van der Waals surface area (Å²) < 4.78 is 17.4. The molecule has 2 heterocycles. The van der Waals surface area contributed by atoms with Crippen molar-refractivity contribution in [2.75, 3.05) is 5.32 Å². The Kier molecular flexibility index (Phi) is 4.42. The molecule has 0 aliphatic rings. The highest BCUT2D eigenvalue weighted by molar-refractivity contribution is 7.09. The van der Waals surface area contributed by atoms with Crippen molar-refractivity contribution in [3.8, 4) is 0 Å². The number of rotatable bonds is 5. The molecule has 0 aliphatic heterocycles. The topological polar surface area (TPSA) is 50.7 Å². The maximum Gasteiger partial charge on any atom is 0.203 e. The van der Waals surface area contributed by atoms with Gasteiger partial charge in [-0.15, -0.1) is 0 Å². The smallest absolute Gasteiger partial charge is 0.203 e. The summed E-state index contributed by atoms with van der Waals surface area (Å²) in [6, 6.07) is 1.42. The van der Waals surface area contributed by atoms with Crippen LogP contribution < -0.4 is 5.32 Å². The van der Waals surface area contributed by atoms with E-state index in [1.54, 1.807) is 6.20 Å². The Morgan fingerprint density at radius 2 is 2.11 bits per heavy atom. The average molecular weight is 280 g/mol. The van der Waals surface area contributed by atoms with Crippen LogP contribution in [0.2, 0.25) is 0 Å². The number of hydrogen-bond donors (Lipinski definition) is 1. The van der Waals surface area contributed by atoms with Gasteiger partial charge >= 0.3 is 0 Å². The number of nitrogens with one attached hydrogen (secondary N) is 1. The predicted octanol–water partition coefficient (Wildman–Crippen LogP) is 3.44. The van der Waals surface area contributed by atoms with Crippen LogP contribution in [-0.4, -0.2) is 14.3 Å². The molecular weight excluding hydrogens is 263 g/mol. The third-order valence-corrected chi connectivity index (χ3v) is 3.31. The highest BCUT2D eigenvalue weighted by Crippen LogP contribution is 2.21. The monoisotopic (exact) mass is 280 g/mol. The molecule has 1 N–H and O–H groups in total. The summed E-state index contributed by atoms with van der Waals surface area (Å²) in [5, 5.41) is 3.97. The lowest BCUT2D eigenvalue weighted by molar-refractivity contribution is 0.616. The number of pyridine rings is 1. The lowest BCUT2D eigenvalue weighted by Crippen LogP contribution is -2.07. The Balaban J connectivity index is 2.02. The lowest BCUT2D eigenvalue weighted by Gasteiger charge is -2.12. The molecule has 0 saturated carbocycles. The first-order valence-corrected chi connectivity index (χ1v) is 7.01. The fourth-order valence-electron chi connectivity index (χ4n) is 1.69. The minimum atomic E-state index is -0.330. The van der Waals surface area contributed by atoms with E-state index in [-0.39, 0.29) is 11.9 Å². The van der Waals surface area contributed by atoms with Crippen molar-refractivity contribution in [1.82, 2.24) is 14.3 Å². The number of anilines is 1. The zero-order valence-electron chi connectivity index (χ0n) is 11.2. The summed E-state index contributed by atoms with van der Waals surface area (Å²) in [6.45, 7) is 6.21. The zero-order chi connectivity index (χ0) is 13.8. The standard InChI is InChI=1S/C13H17FN4S/c1-8(2)4-12-17-13(19-18-12)16-9(3)10-5-11(14)7-15-6-10/h5-9H,4H2,1-3H3,(H,16,17,18)/t9-/m1/s1. The molecule has 102 valence electrons. The van der Waals surface area contributed by atoms with Gasteiger partial charge in [-0.05, 0) is 24.5 Å². The van der Waals surface area contributed by atoms with Gasteiger partial charge in [0.15, 0.2) is 0 Å². The molecule has 0 saturated heterocycles. The lowest BCUT2D eigenvalue weighted by atomic mass is 10.1. The van der Waals surface area contributed by atoms with E-state index in [2.05, 4.69) is 33.5 Å². The largest absolute Gasteiger partial charge is 0.354 e. The molecule has 0 bridgehead atoms. The normalized spacial score (nSPS) is 12.7. The Bertz CT molecular complexity index is 541. The molecule has 0 aliphatic carbocycles. The van der Waals surface area contributed by atoms with Crippen LogP contribution in [0.5, 0.6) is 0 Å². The molecule has 0 fully saturated rings. The fraction of sp³-hybridized carbons (Fsp3) is 0.462. The SMILES string of the molecule is CC(C)Cc1nsc(N[C@H](C)c2cncc(F)c2)n1. The molecule has 19 heavy (non-hydrogen) atoms. The Morgan fingerprint density at radius 1 is 1.32 bits per heavy atom. The van der Waals surface area contributed by atoms with Crippen LogP contribution in [0.3, 0.4) is 0 Å². The molecule has 0 amide bonds. The molecule has 0 unspecified atom stereocenters. The average Bonchev–Trinajstić information content (AvgIpc) is 2.75. The molecule has 0 aromatic carbocycles. The molecule has 4 nitrogen and oxygen atoms in total. The molecule has 2 aromatic rings. The van der Waals surface area contributed by atoms with Crippen molar-refractivity contribution in [1.29, 1.82) is 0 Å². The van der Waals surface area contributed by atoms with Crippen molar-refractivity contribution in [3.63, 3.8) is 0 Å². The molecule has 0 radical (unpaired) electrons. The second-order valence-electron chi connectivity index (χ2n) is 4.92. The van der Waals surface area contributed by atoms with Gasteiger partial charge < -0.3 is 5.32 Å². The van der Waals surface area contributed by atoms with Crippen LogP contribution in [0.1, 0.15) is 38.2 Å². The van der Waals surface area contributed by atoms with Gasteiger partial charge in [0.05, 0.1) is 12.2 Å². The highest BCUT2D eigenvalue weighted by Gasteiger charge is 2.11. The van der Waals surface area contributed by atoms with Gasteiger partial charge in [-0.3, -0.25) is 4.98 Å². The van der Waals surface area contributed by atoms with E-state index in [9.17, 15) is 4.39 Å². The first kappa shape index (κ1) is 13.9. The third-order valence-electron chi connectivity index (χ3n) is 2.62. The summed E-state index contributed by atoms with van der Waals surface area (Å²) in [4.78, 5) is 8.26. The first-order chi connectivity index (χ1) is 9.04. The van der Waals surface area contributed by atoms with Crippen LogP contribution >= 0.6 is 11.5 Å². The van der Waals surface area contributed by atoms with E-state index in [1.807, 2.05) is 6.92 Å². The highest BCUT2D eigenvalue weighted by atomic mass is 32.1. The van der Waals surface area contributed by atoms with Crippen LogP contribution in [0, 0.1) is 11.7 Å². The second kappa shape index (κ2) is 6.06. The summed E-state index contributed by atoms with van der Waals surface area (Å²) in [6.07, 6.45) is 3.72.